The third-order valence-corrected chi connectivity index (χ3v) is 2.71. The van der Waals surface area contributed by atoms with E-state index < -0.39 is 0 Å². The van der Waals surface area contributed by atoms with Crippen LogP contribution in [0.3, 0.4) is 0 Å². The smallest absolute Gasteiger partial charge is 0.0730 e. The highest BCUT2D eigenvalue weighted by atomic mass is 16.5. The summed E-state index contributed by atoms with van der Waals surface area (Å²) in [7, 11) is 1.93. The van der Waals surface area contributed by atoms with Gasteiger partial charge >= 0.3 is 0 Å². The van der Waals surface area contributed by atoms with Crippen molar-refractivity contribution < 1.29 is 4.74 Å². The predicted molar refractivity (Wildman–Crippen MR) is 63.8 cm³/mol. The highest BCUT2D eigenvalue weighted by Gasteiger charge is 2.19. The first-order valence-corrected chi connectivity index (χ1v) is 5.55. The Morgan fingerprint density at radius 1 is 1.44 bits per heavy atom. The Morgan fingerprint density at radius 2 is 2.06 bits per heavy atom. The fourth-order valence-electron chi connectivity index (χ4n) is 1.80. The van der Waals surface area contributed by atoms with Crippen molar-refractivity contribution in [1.82, 2.24) is 15.2 Å². The van der Waals surface area contributed by atoms with Gasteiger partial charge in [0, 0.05) is 18.3 Å². The van der Waals surface area contributed by atoms with Crippen molar-refractivity contribution in [2.24, 2.45) is 12.9 Å². The number of nitrogens with zero attached hydrogens (tertiary/aromatic N) is 2. The van der Waals surface area contributed by atoms with Crippen molar-refractivity contribution in [3.63, 3.8) is 0 Å². The zero-order chi connectivity index (χ0) is 12.3. The molecule has 1 aromatic rings. The second kappa shape index (κ2) is 5.43. The van der Waals surface area contributed by atoms with Gasteiger partial charge in [-0.3, -0.25) is 16.0 Å². The van der Waals surface area contributed by atoms with Crippen LogP contribution in [0.25, 0.3) is 0 Å². The molecule has 0 aliphatic rings. The highest BCUT2D eigenvalue weighted by Crippen LogP contribution is 2.21. The van der Waals surface area contributed by atoms with Crippen molar-refractivity contribution >= 4 is 0 Å². The van der Waals surface area contributed by atoms with Crippen LogP contribution in [0.5, 0.6) is 0 Å². The van der Waals surface area contributed by atoms with Gasteiger partial charge in [0.15, 0.2) is 0 Å². The van der Waals surface area contributed by atoms with Crippen molar-refractivity contribution in [1.29, 1.82) is 0 Å². The number of nitrogens with one attached hydrogen (secondary N) is 1. The van der Waals surface area contributed by atoms with Crippen LogP contribution in [0, 0.1) is 13.8 Å². The predicted octanol–water partition coefficient (Wildman–Crippen LogP) is 0.966. The number of hydrazine groups is 1. The van der Waals surface area contributed by atoms with E-state index in [0.717, 1.165) is 17.0 Å². The minimum Gasteiger partial charge on any atom is -0.377 e. The van der Waals surface area contributed by atoms with Gasteiger partial charge in [-0.25, -0.2) is 0 Å². The van der Waals surface area contributed by atoms with Crippen LogP contribution in [-0.4, -0.2) is 22.5 Å². The molecule has 1 heterocycles. The van der Waals surface area contributed by atoms with Gasteiger partial charge in [-0.1, -0.05) is 0 Å². The van der Waals surface area contributed by atoms with Crippen molar-refractivity contribution in [2.75, 3.05) is 6.61 Å². The monoisotopic (exact) mass is 226 g/mol. The summed E-state index contributed by atoms with van der Waals surface area (Å²) in [5.41, 5.74) is 6.03. The standard InChI is InChI=1S/C11H22N4O/c1-7(2)16-6-10(13-12)11-8(3)14-15(5)9(11)4/h7,10,13H,6,12H2,1-5H3. The first-order chi connectivity index (χ1) is 7.47. The number of nitrogens with two attached hydrogens (primary N) is 1. The maximum absolute atomic E-state index is 5.59. The number of hydrogen-bond donors (Lipinski definition) is 2. The fraction of sp³-hybridized carbons (Fsp3) is 0.727. The Hall–Kier alpha value is -0.910. The quantitative estimate of drug-likeness (QED) is 0.580. The average Bonchev–Trinajstić information content (AvgIpc) is 2.45. The van der Waals surface area contributed by atoms with Crippen molar-refractivity contribution in [3.8, 4) is 0 Å². The lowest BCUT2D eigenvalue weighted by molar-refractivity contribution is 0.0609. The minimum absolute atomic E-state index is 0.00361. The molecule has 0 aliphatic carbocycles. The maximum atomic E-state index is 5.59. The molecule has 0 bridgehead atoms. The first-order valence-electron chi connectivity index (χ1n) is 5.55. The Morgan fingerprint density at radius 3 is 2.44 bits per heavy atom. The highest BCUT2D eigenvalue weighted by molar-refractivity contribution is 5.28. The Labute approximate surface area is 96.9 Å². The molecular weight excluding hydrogens is 204 g/mol. The summed E-state index contributed by atoms with van der Waals surface area (Å²) in [6, 6.07) is -0.00361. The molecule has 5 nitrogen and oxygen atoms in total. The molecule has 1 unspecified atom stereocenters. The number of hydrogen-bond acceptors (Lipinski definition) is 4. The lowest BCUT2D eigenvalue weighted by Crippen LogP contribution is -2.33. The number of rotatable bonds is 5. The van der Waals surface area contributed by atoms with E-state index in [-0.39, 0.29) is 12.1 Å². The van der Waals surface area contributed by atoms with E-state index in [1.807, 2.05) is 39.4 Å². The molecule has 1 aromatic heterocycles. The molecule has 0 amide bonds. The molecule has 92 valence electrons. The Bertz CT molecular complexity index is 346. The van der Waals surface area contributed by atoms with Crippen molar-refractivity contribution in [3.05, 3.63) is 17.0 Å². The van der Waals surface area contributed by atoms with Crippen LogP contribution >= 0.6 is 0 Å². The molecule has 0 fully saturated rings. The summed E-state index contributed by atoms with van der Waals surface area (Å²) in [6.07, 6.45) is 0.202. The molecule has 0 saturated heterocycles. The molecular formula is C11H22N4O. The third-order valence-electron chi connectivity index (χ3n) is 2.71. The maximum Gasteiger partial charge on any atom is 0.0730 e. The molecule has 1 rings (SSSR count). The van der Waals surface area contributed by atoms with E-state index >= 15 is 0 Å². The summed E-state index contributed by atoms with van der Waals surface area (Å²) in [6.45, 7) is 8.60. The topological polar surface area (TPSA) is 65.1 Å². The van der Waals surface area contributed by atoms with Crippen LogP contribution in [0.15, 0.2) is 0 Å². The molecule has 0 saturated carbocycles. The lowest BCUT2D eigenvalue weighted by atomic mass is 10.1. The van der Waals surface area contributed by atoms with Crippen molar-refractivity contribution in [2.45, 2.75) is 39.8 Å². The summed E-state index contributed by atoms with van der Waals surface area (Å²) in [4.78, 5) is 0. The zero-order valence-electron chi connectivity index (χ0n) is 10.7. The Kier molecular flexibility index (Phi) is 4.46. The van der Waals surface area contributed by atoms with E-state index in [2.05, 4.69) is 10.5 Å². The summed E-state index contributed by atoms with van der Waals surface area (Å²) >= 11 is 0. The van der Waals surface area contributed by atoms with E-state index in [4.69, 9.17) is 10.6 Å². The number of ether oxygens (including phenoxy) is 1. The van der Waals surface area contributed by atoms with Crippen LogP contribution in [0.1, 0.15) is 36.8 Å². The lowest BCUT2D eigenvalue weighted by Gasteiger charge is -2.18. The van der Waals surface area contributed by atoms with Crippen LogP contribution in [0.2, 0.25) is 0 Å². The third kappa shape index (κ3) is 2.81. The van der Waals surface area contributed by atoms with E-state index in [0.29, 0.717) is 6.61 Å². The number of aryl methyl sites for hydroxylation is 2. The van der Waals surface area contributed by atoms with Gasteiger partial charge in [-0.15, -0.1) is 0 Å². The van der Waals surface area contributed by atoms with Gasteiger partial charge in [0.05, 0.1) is 24.4 Å². The van der Waals surface area contributed by atoms with E-state index in [1.54, 1.807) is 0 Å². The molecule has 0 radical (unpaired) electrons. The van der Waals surface area contributed by atoms with Crippen LogP contribution < -0.4 is 11.3 Å². The molecule has 3 N–H and O–H groups in total. The molecule has 0 aliphatic heterocycles. The van der Waals surface area contributed by atoms with Gasteiger partial charge < -0.3 is 4.74 Å². The Balaban J connectivity index is 2.86. The summed E-state index contributed by atoms with van der Waals surface area (Å²) in [5.74, 6) is 5.57. The van der Waals surface area contributed by atoms with Gasteiger partial charge in [0.2, 0.25) is 0 Å². The summed E-state index contributed by atoms with van der Waals surface area (Å²) in [5, 5.41) is 4.37. The molecule has 1 atom stereocenters. The SMILES string of the molecule is Cc1nn(C)c(C)c1C(COC(C)C)NN. The largest absolute Gasteiger partial charge is 0.377 e. The fourth-order valence-corrected chi connectivity index (χ4v) is 1.80. The van der Waals surface area contributed by atoms with Gasteiger partial charge in [-0.2, -0.15) is 5.10 Å². The molecule has 16 heavy (non-hydrogen) atoms. The van der Waals surface area contributed by atoms with Crippen LogP contribution in [-0.2, 0) is 11.8 Å². The molecule has 0 spiro atoms. The van der Waals surface area contributed by atoms with Crippen LogP contribution in [0.4, 0.5) is 0 Å². The summed E-state index contributed by atoms with van der Waals surface area (Å²) < 4.78 is 7.45. The second-order valence-electron chi connectivity index (χ2n) is 4.31. The second-order valence-corrected chi connectivity index (χ2v) is 4.31. The normalized spacial score (nSPS) is 13.4. The minimum atomic E-state index is -0.00361. The van der Waals surface area contributed by atoms with Gasteiger partial charge in [0.25, 0.3) is 0 Å². The van der Waals surface area contributed by atoms with Gasteiger partial charge in [0.1, 0.15) is 0 Å². The zero-order valence-corrected chi connectivity index (χ0v) is 10.7. The molecule has 5 heteroatoms. The first kappa shape index (κ1) is 13.2. The number of aromatic nitrogens is 2. The van der Waals surface area contributed by atoms with E-state index in [1.165, 1.54) is 0 Å². The van der Waals surface area contributed by atoms with E-state index in [9.17, 15) is 0 Å². The average molecular weight is 226 g/mol. The van der Waals surface area contributed by atoms with Gasteiger partial charge in [-0.05, 0) is 27.7 Å². The molecule has 0 aromatic carbocycles.